The van der Waals surface area contributed by atoms with Gasteiger partial charge in [0.1, 0.15) is 11.6 Å². The average molecular weight is 301 g/mol. The van der Waals surface area contributed by atoms with Crippen LogP contribution in [0.1, 0.15) is 45.6 Å². The van der Waals surface area contributed by atoms with E-state index in [1.165, 1.54) is 18.2 Å². The summed E-state index contributed by atoms with van der Waals surface area (Å²) in [6.45, 7) is 6.37. The molecule has 3 atom stereocenters. The van der Waals surface area contributed by atoms with Crippen LogP contribution in [0.15, 0.2) is 18.2 Å². The predicted molar refractivity (Wildman–Crippen MR) is 80.0 cm³/mol. The zero-order chi connectivity index (χ0) is 14.9. The summed E-state index contributed by atoms with van der Waals surface area (Å²) in [6.07, 6.45) is 3.58. The molecule has 0 radical (unpaired) electrons. The number of rotatable bonds is 3. The molecule has 2 rings (SSSR count). The van der Waals surface area contributed by atoms with Gasteiger partial charge in [-0.25, -0.2) is 8.78 Å². The molecule has 0 heterocycles. The van der Waals surface area contributed by atoms with Crippen molar-refractivity contribution >= 4 is 11.6 Å². The minimum atomic E-state index is -0.451. The van der Waals surface area contributed by atoms with Crippen molar-refractivity contribution in [2.24, 2.45) is 17.3 Å². The molecule has 0 bridgehead atoms. The molecule has 0 amide bonds. The molecular weight excluding hydrogens is 278 g/mol. The molecule has 1 fully saturated rings. The predicted octanol–water partition coefficient (Wildman–Crippen LogP) is 5.58. The molecule has 1 aromatic carbocycles. The second-order valence-corrected chi connectivity index (χ2v) is 7.47. The first-order valence-electron chi connectivity index (χ1n) is 7.38. The number of alkyl halides is 1. The van der Waals surface area contributed by atoms with Gasteiger partial charge < -0.3 is 0 Å². The van der Waals surface area contributed by atoms with Gasteiger partial charge >= 0.3 is 0 Å². The SMILES string of the molecule is CC1CCC(C(C)(C)Cc2c(F)cccc2F)C(Cl)C1. The molecule has 1 aliphatic rings. The normalized spacial score (nSPS) is 27.6. The fourth-order valence-corrected chi connectivity index (χ4v) is 4.25. The van der Waals surface area contributed by atoms with Crippen LogP contribution >= 0.6 is 11.6 Å². The van der Waals surface area contributed by atoms with Gasteiger partial charge in [-0.3, -0.25) is 0 Å². The Bertz CT molecular complexity index is 450. The highest BCUT2D eigenvalue weighted by Crippen LogP contribution is 2.44. The number of hydrogen-bond acceptors (Lipinski definition) is 0. The van der Waals surface area contributed by atoms with Crippen LogP contribution in [0, 0.1) is 28.9 Å². The first-order chi connectivity index (χ1) is 9.31. The Morgan fingerprint density at radius 2 is 1.80 bits per heavy atom. The van der Waals surface area contributed by atoms with Gasteiger partial charge in [0.2, 0.25) is 0 Å². The maximum absolute atomic E-state index is 13.8. The molecular formula is C17H23ClF2. The van der Waals surface area contributed by atoms with E-state index >= 15 is 0 Å². The molecule has 20 heavy (non-hydrogen) atoms. The van der Waals surface area contributed by atoms with Gasteiger partial charge in [0.05, 0.1) is 0 Å². The maximum Gasteiger partial charge on any atom is 0.129 e. The van der Waals surface area contributed by atoms with Crippen LogP contribution in [0.25, 0.3) is 0 Å². The molecule has 0 spiro atoms. The van der Waals surface area contributed by atoms with E-state index in [1.807, 2.05) is 0 Å². The lowest BCUT2D eigenvalue weighted by atomic mass is 9.66. The lowest BCUT2D eigenvalue weighted by Gasteiger charge is -2.42. The third-order valence-electron chi connectivity index (χ3n) is 4.73. The Balaban J connectivity index is 2.18. The molecule has 0 nitrogen and oxygen atoms in total. The smallest absolute Gasteiger partial charge is 0.129 e. The van der Waals surface area contributed by atoms with E-state index in [1.54, 1.807) is 0 Å². The lowest BCUT2D eigenvalue weighted by molar-refractivity contribution is 0.139. The minimum absolute atomic E-state index is 0.101. The van der Waals surface area contributed by atoms with E-state index in [0.29, 0.717) is 18.3 Å². The molecule has 1 saturated carbocycles. The van der Waals surface area contributed by atoms with E-state index in [4.69, 9.17) is 11.6 Å². The van der Waals surface area contributed by atoms with Gasteiger partial charge in [0, 0.05) is 10.9 Å². The van der Waals surface area contributed by atoms with E-state index in [2.05, 4.69) is 20.8 Å². The second kappa shape index (κ2) is 6.01. The van der Waals surface area contributed by atoms with Gasteiger partial charge in [0.15, 0.2) is 0 Å². The van der Waals surface area contributed by atoms with Gasteiger partial charge in [-0.1, -0.05) is 33.3 Å². The summed E-state index contributed by atoms with van der Waals surface area (Å²) in [4.78, 5) is 0. The van der Waals surface area contributed by atoms with Gasteiger partial charge in [-0.15, -0.1) is 11.6 Å². The molecule has 0 saturated heterocycles. The van der Waals surface area contributed by atoms with Crippen LogP contribution in [0.5, 0.6) is 0 Å². The molecule has 0 aliphatic heterocycles. The number of hydrogen-bond donors (Lipinski definition) is 0. The summed E-state index contributed by atoms with van der Waals surface area (Å²) in [6, 6.07) is 4.07. The summed E-state index contributed by atoms with van der Waals surface area (Å²) in [5.41, 5.74) is -0.00439. The molecule has 3 unspecified atom stereocenters. The first kappa shape index (κ1) is 15.8. The third-order valence-corrected chi connectivity index (χ3v) is 5.21. The molecule has 1 aliphatic carbocycles. The van der Waals surface area contributed by atoms with Crippen molar-refractivity contribution in [1.82, 2.24) is 0 Å². The zero-order valence-electron chi connectivity index (χ0n) is 12.4. The number of halogens is 3. The third kappa shape index (κ3) is 3.33. The monoisotopic (exact) mass is 300 g/mol. The van der Waals surface area contributed by atoms with Gasteiger partial charge in [0.25, 0.3) is 0 Å². The van der Waals surface area contributed by atoms with Crippen LogP contribution in [0.3, 0.4) is 0 Å². The van der Waals surface area contributed by atoms with Crippen molar-refractivity contribution in [3.05, 3.63) is 35.4 Å². The second-order valence-electron chi connectivity index (χ2n) is 6.91. The Kier molecular flexibility index (Phi) is 4.73. The van der Waals surface area contributed by atoms with E-state index in [9.17, 15) is 8.78 Å². The summed E-state index contributed by atoms with van der Waals surface area (Å²) in [5, 5.41) is 0.101. The van der Waals surface area contributed by atoms with Crippen LogP contribution in [-0.4, -0.2) is 5.38 Å². The van der Waals surface area contributed by atoms with Crippen LogP contribution in [0.4, 0.5) is 8.78 Å². The van der Waals surface area contributed by atoms with E-state index in [0.717, 1.165) is 19.3 Å². The Morgan fingerprint density at radius 1 is 1.20 bits per heavy atom. The zero-order valence-corrected chi connectivity index (χ0v) is 13.2. The quantitative estimate of drug-likeness (QED) is 0.639. The van der Waals surface area contributed by atoms with Crippen LogP contribution in [-0.2, 0) is 6.42 Å². The fraction of sp³-hybridized carbons (Fsp3) is 0.647. The topological polar surface area (TPSA) is 0 Å². The molecule has 0 N–H and O–H groups in total. The molecule has 0 aromatic heterocycles. The highest BCUT2D eigenvalue weighted by atomic mass is 35.5. The van der Waals surface area contributed by atoms with Gasteiger partial charge in [-0.05, 0) is 48.6 Å². The van der Waals surface area contributed by atoms with Gasteiger partial charge in [-0.2, -0.15) is 0 Å². The Hall–Kier alpha value is -0.630. The molecule has 3 heteroatoms. The summed E-state index contributed by atoms with van der Waals surface area (Å²) in [5.74, 6) is 0.0517. The highest BCUT2D eigenvalue weighted by molar-refractivity contribution is 6.20. The van der Waals surface area contributed by atoms with Crippen molar-refractivity contribution in [3.63, 3.8) is 0 Å². The summed E-state index contributed by atoms with van der Waals surface area (Å²) in [7, 11) is 0. The van der Waals surface area contributed by atoms with Crippen LogP contribution in [0.2, 0.25) is 0 Å². The Morgan fingerprint density at radius 3 is 2.35 bits per heavy atom. The highest BCUT2D eigenvalue weighted by Gasteiger charge is 2.38. The largest absolute Gasteiger partial charge is 0.207 e. The lowest BCUT2D eigenvalue weighted by Crippen LogP contribution is -2.37. The average Bonchev–Trinajstić information content (AvgIpc) is 2.33. The molecule has 112 valence electrons. The minimum Gasteiger partial charge on any atom is -0.207 e. The van der Waals surface area contributed by atoms with E-state index in [-0.39, 0.29) is 16.4 Å². The van der Waals surface area contributed by atoms with Crippen LogP contribution < -0.4 is 0 Å². The summed E-state index contributed by atoms with van der Waals surface area (Å²) < 4.78 is 27.7. The number of benzene rings is 1. The maximum atomic E-state index is 13.8. The van der Waals surface area contributed by atoms with Crippen molar-refractivity contribution in [2.75, 3.05) is 0 Å². The van der Waals surface area contributed by atoms with Crippen molar-refractivity contribution in [2.45, 2.75) is 51.8 Å². The van der Waals surface area contributed by atoms with Crippen molar-refractivity contribution in [1.29, 1.82) is 0 Å². The standard InChI is InChI=1S/C17H23ClF2/c1-11-7-8-13(14(18)9-11)17(2,3)10-12-15(19)5-4-6-16(12)20/h4-6,11,13-14H,7-10H2,1-3H3. The molecule has 1 aromatic rings. The van der Waals surface area contributed by atoms with E-state index < -0.39 is 11.6 Å². The van der Waals surface area contributed by atoms with Crippen molar-refractivity contribution < 1.29 is 8.78 Å². The first-order valence-corrected chi connectivity index (χ1v) is 7.82. The summed E-state index contributed by atoms with van der Waals surface area (Å²) >= 11 is 6.52. The fourth-order valence-electron chi connectivity index (χ4n) is 3.48. The Labute approximate surface area is 125 Å². The van der Waals surface area contributed by atoms with Crippen molar-refractivity contribution in [3.8, 4) is 0 Å².